The maximum Gasteiger partial charge on any atom is 0.223 e. The smallest absolute Gasteiger partial charge is 0.223 e. The highest BCUT2D eigenvalue weighted by atomic mass is 32.1. The second-order valence-electron chi connectivity index (χ2n) is 6.28. The molecule has 2 aromatic heterocycles. The maximum absolute atomic E-state index is 12.5. The Morgan fingerprint density at radius 3 is 3.04 bits per heavy atom. The lowest BCUT2D eigenvalue weighted by Crippen LogP contribution is -2.39. The van der Waals surface area contributed by atoms with Gasteiger partial charge in [-0.15, -0.1) is 11.3 Å². The van der Waals surface area contributed by atoms with Crippen LogP contribution in [-0.4, -0.2) is 28.9 Å². The Bertz CT molecular complexity index is 792. The normalized spacial score (nSPS) is 18.2. The molecule has 0 bridgehead atoms. The van der Waals surface area contributed by atoms with E-state index in [4.69, 9.17) is 9.40 Å². The van der Waals surface area contributed by atoms with Gasteiger partial charge < -0.3 is 9.32 Å². The molecule has 1 aliphatic heterocycles. The van der Waals surface area contributed by atoms with Crippen molar-refractivity contribution < 1.29 is 9.21 Å². The summed E-state index contributed by atoms with van der Waals surface area (Å²) in [5.74, 6) is 1.46. The monoisotopic (exact) mass is 340 g/mol. The van der Waals surface area contributed by atoms with Crippen LogP contribution in [0.2, 0.25) is 0 Å². The van der Waals surface area contributed by atoms with Gasteiger partial charge >= 0.3 is 0 Å². The first-order valence-corrected chi connectivity index (χ1v) is 9.27. The SMILES string of the molecule is O=C(CCc1ccco1)N1CCC[C@H](c2nc3ccccc3s2)C1. The van der Waals surface area contributed by atoms with E-state index in [1.165, 1.54) is 9.71 Å². The van der Waals surface area contributed by atoms with Gasteiger partial charge in [-0.1, -0.05) is 12.1 Å². The number of aryl methyl sites for hydroxylation is 1. The Kier molecular flexibility index (Phi) is 4.34. The van der Waals surface area contributed by atoms with Gasteiger partial charge in [-0.2, -0.15) is 0 Å². The van der Waals surface area contributed by atoms with Crippen LogP contribution < -0.4 is 0 Å². The summed E-state index contributed by atoms with van der Waals surface area (Å²) in [5.41, 5.74) is 1.07. The minimum Gasteiger partial charge on any atom is -0.469 e. The lowest BCUT2D eigenvalue weighted by molar-refractivity contribution is -0.132. The Balaban J connectivity index is 1.42. The van der Waals surface area contributed by atoms with Gasteiger partial charge in [0.25, 0.3) is 0 Å². The van der Waals surface area contributed by atoms with Gasteiger partial charge in [-0.05, 0) is 37.1 Å². The average molecular weight is 340 g/mol. The third-order valence-corrected chi connectivity index (χ3v) is 5.80. The number of hydrogen-bond acceptors (Lipinski definition) is 4. The van der Waals surface area contributed by atoms with Gasteiger partial charge in [0.2, 0.25) is 5.91 Å². The number of rotatable bonds is 4. The lowest BCUT2D eigenvalue weighted by Gasteiger charge is -2.31. The number of carbonyl (C=O) groups excluding carboxylic acids is 1. The van der Waals surface area contributed by atoms with Crippen LogP contribution in [0.3, 0.4) is 0 Å². The number of nitrogens with zero attached hydrogens (tertiary/aromatic N) is 2. The number of furan rings is 1. The average Bonchev–Trinajstić information content (AvgIpc) is 3.29. The topological polar surface area (TPSA) is 46.3 Å². The van der Waals surface area contributed by atoms with Crippen molar-refractivity contribution >= 4 is 27.5 Å². The molecule has 1 atom stereocenters. The van der Waals surface area contributed by atoms with E-state index in [-0.39, 0.29) is 5.91 Å². The number of carbonyl (C=O) groups is 1. The van der Waals surface area contributed by atoms with E-state index in [0.717, 1.165) is 37.2 Å². The molecular formula is C19H20N2O2S. The minimum absolute atomic E-state index is 0.220. The summed E-state index contributed by atoms with van der Waals surface area (Å²) in [6, 6.07) is 12.0. The van der Waals surface area contributed by atoms with E-state index in [1.807, 2.05) is 23.1 Å². The van der Waals surface area contributed by atoms with Gasteiger partial charge in [-0.3, -0.25) is 4.79 Å². The summed E-state index contributed by atoms with van der Waals surface area (Å²) in [6.45, 7) is 1.65. The fraction of sp³-hybridized carbons (Fsp3) is 0.368. The molecular weight excluding hydrogens is 320 g/mol. The van der Waals surface area contributed by atoms with Crippen LogP contribution in [0, 0.1) is 0 Å². The van der Waals surface area contributed by atoms with Crippen molar-refractivity contribution in [2.24, 2.45) is 0 Å². The predicted octanol–water partition coefficient (Wildman–Crippen LogP) is 4.23. The molecule has 1 fully saturated rings. The van der Waals surface area contributed by atoms with Crippen LogP contribution in [0.1, 0.15) is 35.9 Å². The zero-order valence-corrected chi connectivity index (χ0v) is 14.3. The number of hydrogen-bond donors (Lipinski definition) is 0. The molecule has 0 N–H and O–H groups in total. The van der Waals surface area contributed by atoms with Crippen molar-refractivity contribution in [3.8, 4) is 0 Å². The highest BCUT2D eigenvalue weighted by molar-refractivity contribution is 7.18. The summed E-state index contributed by atoms with van der Waals surface area (Å²) in [5, 5.41) is 1.17. The number of thiazole rings is 1. The number of fused-ring (bicyclic) bond motifs is 1. The first-order chi connectivity index (χ1) is 11.8. The van der Waals surface area contributed by atoms with Crippen molar-refractivity contribution in [3.05, 3.63) is 53.4 Å². The summed E-state index contributed by atoms with van der Waals surface area (Å²) in [4.78, 5) is 19.3. The summed E-state index contributed by atoms with van der Waals surface area (Å²) >= 11 is 1.76. The van der Waals surface area contributed by atoms with Crippen LogP contribution in [0.4, 0.5) is 0 Å². The van der Waals surface area contributed by atoms with Crippen LogP contribution in [0.25, 0.3) is 10.2 Å². The van der Waals surface area contributed by atoms with Crippen molar-refractivity contribution in [2.75, 3.05) is 13.1 Å². The second-order valence-corrected chi connectivity index (χ2v) is 7.34. The standard InChI is InChI=1S/C19H20N2O2S/c22-18(10-9-15-6-4-12-23-15)21-11-3-5-14(13-21)19-20-16-7-1-2-8-17(16)24-19/h1-2,4,6-8,12,14H,3,5,9-11,13H2/t14-/m0/s1. The Labute approximate surface area is 145 Å². The maximum atomic E-state index is 12.5. The second kappa shape index (κ2) is 6.77. The number of benzene rings is 1. The molecule has 0 radical (unpaired) electrons. The Morgan fingerprint density at radius 2 is 2.21 bits per heavy atom. The van der Waals surface area contributed by atoms with Gasteiger partial charge in [0.1, 0.15) is 5.76 Å². The fourth-order valence-corrected chi connectivity index (χ4v) is 4.41. The third-order valence-electron chi connectivity index (χ3n) is 4.60. The summed E-state index contributed by atoms with van der Waals surface area (Å²) < 4.78 is 6.55. The van der Waals surface area contributed by atoms with Crippen molar-refractivity contribution in [1.82, 2.24) is 9.88 Å². The zero-order chi connectivity index (χ0) is 16.4. The van der Waals surface area contributed by atoms with E-state index >= 15 is 0 Å². The van der Waals surface area contributed by atoms with Crippen LogP contribution in [0.5, 0.6) is 0 Å². The quantitative estimate of drug-likeness (QED) is 0.714. The molecule has 0 unspecified atom stereocenters. The number of likely N-dealkylation sites (tertiary alicyclic amines) is 1. The van der Waals surface area contributed by atoms with E-state index in [0.29, 0.717) is 18.8 Å². The van der Waals surface area contributed by atoms with E-state index in [1.54, 1.807) is 17.6 Å². The molecule has 3 aromatic rings. The van der Waals surface area contributed by atoms with E-state index < -0.39 is 0 Å². The molecule has 4 rings (SSSR count). The molecule has 1 aliphatic rings. The van der Waals surface area contributed by atoms with Crippen LogP contribution in [-0.2, 0) is 11.2 Å². The molecule has 1 aromatic carbocycles. The Hall–Kier alpha value is -2.14. The molecule has 0 aliphatic carbocycles. The third kappa shape index (κ3) is 3.22. The highest BCUT2D eigenvalue weighted by Crippen LogP contribution is 2.33. The van der Waals surface area contributed by atoms with Gasteiger partial charge in [0.05, 0.1) is 21.5 Å². The summed E-state index contributed by atoms with van der Waals surface area (Å²) in [6.07, 6.45) is 5.01. The van der Waals surface area contributed by atoms with Crippen LogP contribution >= 0.6 is 11.3 Å². The van der Waals surface area contributed by atoms with Gasteiger partial charge in [-0.25, -0.2) is 4.98 Å². The molecule has 0 saturated carbocycles. The zero-order valence-electron chi connectivity index (χ0n) is 13.5. The number of para-hydroxylation sites is 1. The number of piperidine rings is 1. The van der Waals surface area contributed by atoms with Gasteiger partial charge in [0.15, 0.2) is 0 Å². The largest absolute Gasteiger partial charge is 0.469 e. The minimum atomic E-state index is 0.220. The first-order valence-electron chi connectivity index (χ1n) is 8.45. The molecule has 1 saturated heterocycles. The molecule has 5 heteroatoms. The molecule has 3 heterocycles. The number of aromatic nitrogens is 1. The molecule has 1 amide bonds. The lowest BCUT2D eigenvalue weighted by atomic mass is 9.98. The fourth-order valence-electron chi connectivity index (χ4n) is 3.31. The highest BCUT2D eigenvalue weighted by Gasteiger charge is 2.26. The van der Waals surface area contributed by atoms with E-state index in [2.05, 4.69) is 18.2 Å². The molecule has 4 nitrogen and oxygen atoms in total. The summed E-state index contributed by atoms with van der Waals surface area (Å²) in [7, 11) is 0. The van der Waals surface area contributed by atoms with E-state index in [9.17, 15) is 4.79 Å². The molecule has 0 spiro atoms. The Morgan fingerprint density at radius 1 is 1.29 bits per heavy atom. The van der Waals surface area contributed by atoms with Gasteiger partial charge in [0, 0.05) is 31.8 Å². The molecule has 124 valence electrons. The van der Waals surface area contributed by atoms with Crippen molar-refractivity contribution in [3.63, 3.8) is 0 Å². The first kappa shape index (κ1) is 15.4. The molecule has 24 heavy (non-hydrogen) atoms. The van der Waals surface area contributed by atoms with Crippen LogP contribution in [0.15, 0.2) is 47.1 Å². The van der Waals surface area contributed by atoms with Crippen molar-refractivity contribution in [1.29, 1.82) is 0 Å². The number of amides is 1. The predicted molar refractivity (Wildman–Crippen MR) is 95.2 cm³/mol. The van der Waals surface area contributed by atoms with Crippen molar-refractivity contribution in [2.45, 2.75) is 31.6 Å².